The molecule has 0 spiro atoms. The second-order valence-corrected chi connectivity index (χ2v) is 3.90. The number of carbonyl (C=O) groups is 1. The van der Waals surface area contributed by atoms with Crippen molar-refractivity contribution in [2.75, 3.05) is 6.54 Å². The van der Waals surface area contributed by atoms with Crippen LogP contribution in [0.4, 0.5) is 0 Å². The molecule has 6 heteroatoms. The van der Waals surface area contributed by atoms with Crippen molar-refractivity contribution in [1.82, 2.24) is 15.1 Å². The number of carbonyl (C=O) groups excluding carboxylic acids is 1. The molecule has 0 bridgehead atoms. The molecule has 0 saturated carbocycles. The number of nitrogens with zero attached hydrogens (tertiary/aromatic N) is 2. The van der Waals surface area contributed by atoms with Crippen LogP contribution in [0.3, 0.4) is 0 Å². The van der Waals surface area contributed by atoms with Gasteiger partial charge in [0.1, 0.15) is 0 Å². The number of nitrogens with one attached hydrogen (secondary N) is 1. The van der Waals surface area contributed by atoms with Gasteiger partial charge in [0.25, 0.3) is 5.91 Å². The molecule has 1 amide bonds. The van der Waals surface area contributed by atoms with E-state index < -0.39 is 0 Å². The Bertz CT molecular complexity index is 518. The fraction of sp³-hybridized carbons (Fsp3) is 0.273. The second-order valence-electron chi connectivity index (χ2n) is 3.56. The van der Waals surface area contributed by atoms with Gasteiger partial charge in [0, 0.05) is 31.9 Å². The molecule has 0 radical (unpaired) electrons. The minimum absolute atomic E-state index is 0.114. The van der Waals surface area contributed by atoms with Gasteiger partial charge in [-0.2, -0.15) is 5.10 Å². The van der Waals surface area contributed by atoms with E-state index in [0.29, 0.717) is 12.1 Å². The molecule has 0 aliphatic heterocycles. The van der Waals surface area contributed by atoms with E-state index in [2.05, 4.69) is 10.4 Å². The van der Waals surface area contributed by atoms with Crippen LogP contribution in [0, 0.1) is 0 Å². The van der Waals surface area contributed by atoms with Crippen LogP contribution in [0.1, 0.15) is 16.1 Å². The Hall–Kier alpha value is -1.75. The van der Waals surface area contributed by atoms with Gasteiger partial charge >= 0.3 is 0 Å². The van der Waals surface area contributed by atoms with Crippen molar-refractivity contribution in [2.45, 2.75) is 6.42 Å². The number of halogens is 1. The summed E-state index contributed by atoms with van der Waals surface area (Å²) in [6.45, 7) is 0.528. The predicted octanol–water partition coefficient (Wildman–Crippen LogP) is 1.64. The highest BCUT2D eigenvalue weighted by Gasteiger charge is 2.12. The maximum atomic E-state index is 11.7. The lowest BCUT2D eigenvalue weighted by atomic mass is 10.3. The third-order valence-electron chi connectivity index (χ3n) is 2.45. The van der Waals surface area contributed by atoms with Crippen LogP contribution >= 0.6 is 11.6 Å². The van der Waals surface area contributed by atoms with E-state index >= 15 is 0 Å². The van der Waals surface area contributed by atoms with E-state index in [1.165, 1.54) is 6.26 Å². The first-order valence-corrected chi connectivity index (χ1v) is 5.54. The highest BCUT2D eigenvalue weighted by atomic mass is 35.5. The number of hydrogen-bond donors (Lipinski definition) is 1. The van der Waals surface area contributed by atoms with Gasteiger partial charge in [-0.05, 0) is 23.7 Å². The summed E-state index contributed by atoms with van der Waals surface area (Å²) < 4.78 is 6.62. The summed E-state index contributed by atoms with van der Waals surface area (Å²) in [5, 5.41) is 6.93. The molecule has 0 atom stereocenters. The molecule has 2 aromatic heterocycles. The van der Waals surface area contributed by atoms with Gasteiger partial charge in [0.15, 0.2) is 0 Å². The highest BCUT2D eigenvalue weighted by Crippen LogP contribution is 2.15. The third-order valence-corrected chi connectivity index (χ3v) is 2.74. The summed E-state index contributed by atoms with van der Waals surface area (Å²) >= 11 is 5.70. The fourth-order valence-corrected chi connectivity index (χ4v) is 1.70. The molecule has 0 aliphatic rings. The van der Waals surface area contributed by atoms with Crippen LogP contribution in [0.5, 0.6) is 0 Å². The molecular formula is C11H12ClN3O2. The first-order valence-electron chi connectivity index (χ1n) is 5.16. The van der Waals surface area contributed by atoms with E-state index in [0.717, 1.165) is 12.1 Å². The standard InChI is InChI=1S/C11H12ClN3O2/c1-15-8(3-6-14-15)2-5-13-11(16)9-4-7-17-10(9)12/h3-4,6-7H,2,5H2,1H3,(H,13,16). The molecule has 0 aromatic carbocycles. The summed E-state index contributed by atoms with van der Waals surface area (Å²) in [7, 11) is 1.87. The Morgan fingerprint density at radius 1 is 1.59 bits per heavy atom. The lowest BCUT2D eigenvalue weighted by Crippen LogP contribution is -2.26. The maximum Gasteiger partial charge on any atom is 0.256 e. The van der Waals surface area contributed by atoms with Crippen LogP contribution in [0.15, 0.2) is 29.0 Å². The summed E-state index contributed by atoms with van der Waals surface area (Å²) in [5.74, 6) is -0.231. The number of rotatable bonds is 4. The van der Waals surface area contributed by atoms with Crippen LogP contribution in [0.2, 0.25) is 5.22 Å². The topological polar surface area (TPSA) is 60.1 Å². The normalized spacial score (nSPS) is 10.5. The second kappa shape index (κ2) is 5.05. The van der Waals surface area contributed by atoms with E-state index in [4.69, 9.17) is 16.0 Å². The Labute approximate surface area is 103 Å². The molecule has 5 nitrogen and oxygen atoms in total. The van der Waals surface area contributed by atoms with E-state index in [1.54, 1.807) is 16.9 Å². The molecule has 0 unspecified atom stereocenters. The SMILES string of the molecule is Cn1nccc1CCNC(=O)c1ccoc1Cl. The molecule has 2 rings (SSSR count). The quantitative estimate of drug-likeness (QED) is 0.901. The smallest absolute Gasteiger partial charge is 0.256 e. The first kappa shape index (κ1) is 11.7. The Kier molecular flexibility index (Phi) is 3.49. The van der Waals surface area contributed by atoms with Crippen molar-refractivity contribution >= 4 is 17.5 Å². The lowest BCUT2D eigenvalue weighted by Gasteiger charge is -2.04. The number of hydrogen-bond acceptors (Lipinski definition) is 3. The summed E-state index contributed by atoms with van der Waals surface area (Å²) in [5.41, 5.74) is 1.42. The molecule has 0 fully saturated rings. The van der Waals surface area contributed by atoms with E-state index in [1.807, 2.05) is 13.1 Å². The van der Waals surface area contributed by atoms with Crippen LogP contribution in [-0.4, -0.2) is 22.2 Å². The Balaban J connectivity index is 1.86. The van der Waals surface area contributed by atoms with Crippen LogP contribution in [0.25, 0.3) is 0 Å². The van der Waals surface area contributed by atoms with Crippen molar-refractivity contribution in [3.05, 3.63) is 41.1 Å². The minimum atomic E-state index is -0.231. The fourth-order valence-electron chi connectivity index (χ4n) is 1.50. The molecule has 0 aliphatic carbocycles. The van der Waals surface area contributed by atoms with Crippen molar-refractivity contribution in [3.8, 4) is 0 Å². The number of furan rings is 1. The number of aromatic nitrogens is 2. The lowest BCUT2D eigenvalue weighted by molar-refractivity contribution is 0.0953. The third kappa shape index (κ3) is 2.68. The average molecular weight is 254 g/mol. The summed E-state index contributed by atoms with van der Waals surface area (Å²) in [6.07, 6.45) is 3.83. The molecule has 1 N–H and O–H groups in total. The van der Waals surface area contributed by atoms with Gasteiger partial charge in [-0.25, -0.2) is 0 Å². The molecule has 0 saturated heterocycles. The van der Waals surface area contributed by atoms with E-state index in [9.17, 15) is 4.79 Å². The Morgan fingerprint density at radius 2 is 2.41 bits per heavy atom. The largest absolute Gasteiger partial charge is 0.452 e. The molecular weight excluding hydrogens is 242 g/mol. The van der Waals surface area contributed by atoms with Crippen LogP contribution in [-0.2, 0) is 13.5 Å². The molecule has 17 heavy (non-hydrogen) atoms. The van der Waals surface area contributed by atoms with Crippen molar-refractivity contribution < 1.29 is 9.21 Å². The van der Waals surface area contributed by atoms with Gasteiger partial charge in [-0.3, -0.25) is 9.48 Å². The average Bonchev–Trinajstić information content (AvgIpc) is 2.88. The van der Waals surface area contributed by atoms with Gasteiger partial charge in [0.05, 0.1) is 11.8 Å². The van der Waals surface area contributed by atoms with E-state index in [-0.39, 0.29) is 11.1 Å². The molecule has 2 aromatic rings. The zero-order chi connectivity index (χ0) is 12.3. The number of amides is 1. The summed E-state index contributed by atoms with van der Waals surface area (Å²) in [6, 6.07) is 3.46. The van der Waals surface area contributed by atoms with Crippen molar-refractivity contribution in [2.24, 2.45) is 7.05 Å². The van der Waals surface area contributed by atoms with Crippen molar-refractivity contribution in [1.29, 1.82) is 0 Å². The van der Waals surface area contributed by atoms with Gasteiger partial charge in [-0.1, -0.05) is 0 Å². The van der Waals surface area contributed by atoms with Gasteiger partial charge < -0.3 is 9.73 Å². The number of aryl methyl sites for hydroxylation is 1. The van der Waals surface area contributed by atoms with Gasteiger partial charge in [-0.15, -0.1) is 0 Å². The molecule has 2 heterocycles. The van der Waals surface area contributed by atoms with Crippen molar-refractivity contribution in [3.63, 3.8) is 0 Å². The maximum absolute atomic E-state index is 11.7. The predicted molar refractivity (Wildman–Crippen MR) is 63.0 cm³/mol. The van der Waals surface area contributed by atoms with Gasteiger partial charge in [0.2, 0.25) is 5.22 Å². The minimum Gasteiger partial charge on any atom is -0.452 e. The van der Waals surface area contributed by atoms with Crippen LogP contribution < -0.4 is 5.32 Å². The highest BCUT2D eigenvalue weighted by molar-refractivity contribution is 6.32. The zero-order valence-electron chi connectivity index (χ0n) is 9.31. The molecule has 90 valence electrons. The monoisotopic (exact) mass is 253 g/mol. The first-order chi connectivity index (χ1) is 8.18. The summed E-state index contributed by atoms with van der Waals surface area (Å²) in [4.78, 5) is 11.7. The Morgan fingerprint density at radius 3 is 3.00 bits per heavy atom. The zero-order valence-corrected chi connectivity index (χ0v) is 10.1.